The molecule has 0 radical (unpaired) electrons. The van der Waals surface area contributed by atoms with Crippen LogP contribution in [0.15, 0.2) is 24.3 Å². The van der Waals surface area contributed by atoms with Crippen LogP contribution in [0.2, 0.25) is 0 Å². The summed E-state index contributed by atoms with van der Waals surface area (Å²) >= 11 is 0. The summed E-state index contributed by atoms with van der Waals surface area (Å²) < 4.78 is 29.9. The summed E-state index contributed by atoms with van der Waals surface area (Å²) in [6.45, 7) is 1.07. The Morgan fingerprint density at radius 1 is 1.44 bits per heavy atom. The molecule has 88 valence electrons. The van der Waals surface area contributed by atoms with E-state index in [4.69, 9.17) is 4.74 Å². The van der Waals surface area contributed by atoms with E-state index in [9.17, 15) is 8.42 Å². The Labute approximate surface area is 95.9 Å². The highest BCUT2D eigenvalue weighted by Crippen LogP contribution is 2.19. The quantitative estimate of drug-likeness (QED) is 0.799. The molecule has 0 spiro atoms. The van der Waals surface area contributed by atoms with Gasteiger partial charge < -0.3 is 4.74 Å². The Morgan fingerprint density at radius 3 is 2.88 bits per heavy atom. The third-order valence-corrected chi connectivity index (χ3v) is 4.60. The van der Waals surface area contributed by atoms with Gasteiger partial charge in [-0.25, -0.2) is 8.42 Å². The van der Waals surface area contributed by atoms with Crippen molar-refractivity contribution < 1.29 is 13.2 Å². The molecular formula is C11H15NO3S. The monoisotopic (exact) mass is 241 g/mol. The van der Waals surface area contributed by atoms with Crippen LogP contribution in [0.5, 0.6) is 5.75 Å². The number of hydrogen-bond acceptors (Lipinski definition) is 3. The Bertz CT molecular complexity index is 470. The van der Waals surface area contributed by atoms with Crippen molar-refractivity contribution in [2.45, 2.75) is 13.0 Å². The van der Waals surface area contributed by atoms with E-state index in [1.165, 1.54) is 4.31 Å². The Balaban J connectivity index is 2.15. The SMILES string of the molecule is COc1cccc(CN2CCCS2(=O)=O)c1. The highest BCUT2D eigenvalue weighted by atomic mass is 32.2. The van der Waals surface area contributed by atoms with E-state index in [1.807, 2.05) is 24.3 Å². The molecule has 0 amide bonds. The Morgan fingerprint density at radius 2 is 2.25 bits per heavy atom. The van der Waals surface area contributed by atoms with E-state index in [0.29, 0.717) is 13.1 Å². The van der Waals surface area contributed by atoms with Crippen molar-refractivity contribution in [3.05, 3.63) is 29.8 Å². The first-order chi connectivity index (χ1) is 7.62. The summed E-state index contributed by atoms with van der Waals surface area (Å²) in [5.41, 5.74) is 0.963. The maximum atomic E-state index is 11.6. The second kappa shape index (κ2) is 4.43. The summed E-state index contributed by atoms with van der Waals surface area (Å²) in [4.78, 5) is 0. The van der Waals surface area contributed by atoms with Gasteiger partial charge in [-0.05, 0) is 24.1 Å². The largest absolute Gasteiger partial charge is 0.497 e. The molecule has 1 aromatic carbocycles. The third kappa shape index (κ3) is 2.36. The van der Waals surface area contributed by atoms with Crippen LogP contribution in [0.1, 0.15) is 12.0 Å². The summed E-state index contributed by atoms with van der Waals surface area (Å²) in [6.07, 6.45) is 0.728. The number of nitrogens with zero attached hydrogens (tertiary/aromatic N) is 1. The lowest BCUT2D eigenvalue weighted by atomic mass is 10.2. The van der Waals surface area contributed by atoms with Crippen LogP contribution >= 0.6 is 0 Å². The van der Waals surface area contributed by atoms with E-state index in [1.54, 1.807) is 7.11 Å². The summed E-state index contributed by atoms with van der Waals surface area (Å²) in [5.74, 6) is 1.03. The van der Waals surface area contributed by atoms with Gasteiger partial charge in [0.25, 0.3) is 0 Å². The van der Waals surface area contributed by atoms with Crippen LogP contribution in [0.3, 0.4) is 0 Å². The minimum Gasteiger partial charge on any atom is -0.497 e. The van der Waals surface area contributed by atoms with Gasteiger partial charge in [-0.3, -0.25) is 0 Å². The average molecular weight is 241 g/mol. The molecule has 0 aromatic heterocycles. The summed E-state index contributed by atoms with van der Waals surface area (Å²) in [5, 5.41) is 0. The second-order valence-electron chi connectivity index (χ2n) is 3.85. The Hall–Kier alpha value is -1.07. The van der Waals surface area contributed by atoms with Crippen molar-refractivity contribution in [1.29, 1.82) is 0 Å². The number of sulfonamides is 1. The van der Waals surface area contributed by atoms with Gasteiger partial charge in [0.05, 0.1) is 12.9 Å². The number of methoxy groups -OCH3 is 1. The number of benzene rings is 1. The van der Waals surface area contributed by atoms with Crippen LogP contribution in [0, 0.1) is 0 Å². The maximum absolute atomic E-state index is 11.6. The zero-order valence-corrected chi connectivity index (χ0v) is 10.0. The van der Waals surface area contributed by atoms with Crippen molar-refractivity contribution in [3.8, 4) is 5.75 Å². The van der Waals surface area contributed by atoms with Gasteiger partial charge in [0, 0.05) is 13.1 Å². The van der Waals surface area contributed by atoms with Gasteiger partial charge in [-0.2, -0.15) is 4.31 Å². The van der Waals surface area contributed by atoms with E-state index < -0.39 is 10.0 Å². The zero-order valence-electron chi connectivity index (χ0n) is 9.22. The van der Waals surface area contributed by atoms with Crippen LogP contribution in [0.25, 0.3) is 0 Å². The predicted molar refractivity (Wildman–Crippen MR) is 61.8 cm³/mol. The fraction of sp³-hybridized carbons (Fsp3) is 0.455. The predicted octanol–water partition coefficient (Wildman–Crippen LogP) is 1.23. The van der Waals surface area contributed by atoms with Crippen molar-refractivity contribution >= 4 is 10.0 Å². The van der Waals surface area contributed by atoms with Crippen molar-refractivity contribution in [1.82, 2.24) is 4.31 Å². The molecule has 16 heavy (non-hydrogen) atoms. The van der Waals surface area contributed by atoms with E-state index in [-0.39, 0.29) is 5.75 Å². The lowest BCUT2D eigenvalue weighted by Gasteiger charge is -2.14. The lowest BCUT2D eigenvalue weighted by molar-refractivity contribution is 0.410. The first-order valence-corrected chi connectivity index (χ1v) is 6.83. The fourth-order valence-corrected chi connectivity index (χ4v) is 3.35. The van der Waals surface area contributed by atoms with Crippen LogP contribution in [0.4, 0.5) is 0 Å². The molecule has 0 bridgehead atoms. The molecular weight excluding hydrogens is 226 g/mol. The molecule has 1 aliphatic rings. The van der Waals surface area contributed by atoms with Crippen LogP contribution < -0.4 is 4.74 Å². The molecule has 1 aliphatic heterocycles. The van der Waals surface area contributed by atoms with Crippen molar-refractivity contribution in [2.75, 3.05) is 19.4 Å². The standard InChI is InChI=1S/C11H15NO3S/c1-15-11-5-2-4-10(8-11)9-12-6-3-7-16(12,13)14/h2,4-5,8H,3,6-7,9H2,1H3. The van der Waals surface area contributed by atoms with E-state index in [0.717, 1.165) is 17.7 Å². The van der Waals surface area contributed by atoms with Crippen LogP contribution in [-0.4, -0.2) is 32.1 Å². The highest BCUT2D eigenvalue weighted by Gasteiger charge is 2.27. The van der Waals surface area contributed by atoms with Crippen molar-refractivity contribution in [2.24, 2.45) is 0 Å². The van der Waals surface area contributed by atoms with Gasteiger partial charge in [0.1, 0.15) is 5.75 Å². The van der Waals surface area contributed by atoms with Gasteiger partial charge >= 0.3 is 0 Å². The number of ether oxygens (including phenoxy) is 1. The summed E-state index contributed by atoms with van der Waals surface area (Å²) in [6, 6.07) is 7.50. The number of hydrogen-bond donors (Lipinski definition) is 0. The summed E-state index contributed by atoms with van der Waals surface area (Å²) in [7, 11) is -1.41. The second-order valence-corrected chi connectivity index (χ2v) is 5.94. The molecule has 1 heterocycles. The Kier molecular flexibility index (Phi) is 3.16. The molecule has 1 aromatic rings. The molecule has 0 atom stereocenters. The first-order valence-electron chi connectivity index (χ1n) is 5.22. The molecule has 1 saturated heterocycles. The molecule has 4 nitrogen and oxygen atoms in total. The van der Waals surface area contributed by atoms with Gasteiger partial charge in [0.15, 0.2) is 0 Å². The number of rotatable bonds is 3. The average Bonchev–Trinajstić information content (AvgIpc) is 2.59. The maximum Gasteiger partial charge on any atom is 0.214 e. The van der Waals surface area contributed by atoms with Gasteiger partial charge in [-0.1, -0.05) is 12.1 Å². The molecule has 2 rings (SSSR count). The molecule has 0 aliphatic carbocycles. The first kappa shape index (κ1) is 11.4. The normalized spacial score (nSPS) is 19.8. The van der Waals surface area contributed by atoms with Crippen LogP contribution in [-0.2, 0) is 16.6 Å². The van der Waals surface area contributed by atoms with Crippen molar-refractivity contribution in [3.63, 3.8) is 0 Å². The van der Waals surface area contributed by atoms with E-state index in [2.05, 4.69) is 0 Å². The highest BCUT2D eigenvalue weighted by molar-refractivity contribution is 7.89. The zero-order chi connectivity index (χ0) is 11.6. The molecule has 0 unspecified atom stereocenters. The smallest absolute Gasteiger partial charge is 0.214 e. The molecule has 5 heteroatoms. The minimum atomic E-state index is -3.01. The molecule has 1 fully saturated rings. The topological polar surface area (TPSA) is 46.6 Å². The third-order valence-electron chi connectivity index (χ3n) is 2.70. The minimum absolute atomic E-state index is 0.275. The van der Waals surface area contributed by atoms with Gasteiger partial charge in [-0.15, -0.1) is 0 Å². The van der Waals surface area contributed by atoms with Gasteiger partial charge in [0.2, 0.25) is 10.0 Å². The lowest BCUT2D eigenvalue weighted by Crippen LogP contribution is -2.25. The molecule has 0 N–H and O–H groups in total. The fourth-order valence-electron chi connectivity index (χ4n) is 1.84. The molecule has 0 saturated carbocycles. The van der Waals surface area contributed by atoms with E-state index >= 15 is 0 Å².